The Kier molecular flexibility index (Phi) is 6.94. The highest BCUT2D eigenvalue weighted by Crippen LogP contribution is 2.16. The van der Waals surface area contributed by atoms with Crippen molar-refractivity contribution in [3.63, 3.8) is 0 Å². The molecule has 1 atom stereocenters. The first-order chi connectivity index (χ1) is 12.0. The second-order valence-electron chi connectivity index (χ2n) is 5.51. The number of ether oxygens (including phenoxy) is 2. The van der Waals surface area contributed by atoms with Crippen molar-refractivity contribution in [1.82, 2.24) is 10.3 Å². The van der Waals surface area contributed by atoms with Crippen molar-refractivity contribution in [2.24, 2.45) is 0 Å². The molecule has 7 heteroatoms. The molecule has 1 N–H and O–H groups in total. The Labute approximate surface area is 151 Å². The largest absolute Gasteiger partial charge is 0.487 e. The third kappa shape index (κ3) is 5.86. The topological polar surface area (TPSA) is 77.5 Å². The summed E-state index contributed by atoms with van der Waals surface area (Å²) < 4.78 is 10.8. The standard InChI is InChI=1S/C18H22N2O4S/c1-4-9-19-17(21)12(2)24-18(22)14-5-7-16(8-6-14)23-10-15-11-25-13(3)20-15/h5-8,11-12H,4,9-10H2,1-3H3,(H,19,21)/t12-/m0/s1. The molecule has 6 nitrogen and oxygen atoms in total. The van der Waals surface area contributed by atoms with E-state index in [1.807, 2.05) is 19.2 Å². The number of aryl methyl sites for hydroxylation is 1. The summed E-state index contributed by atoms with van der Waals surface area (Å²) in [4.78, 5) is 28.1. The minimum atomic E-state index is -0.831. The Bertz CT molecular complexity index is 712. The molecule has 0 aliphatic carbocycles. The van der Waals surface area contributed by atoms with Gasteiger partial charge in [0.25, 0.3) is 5.91 Å². The molecule has 0 saturated heterocycles. The molecule has 25 heavy (non-hydrogen) atoms. The summed E-state index contributed by atoms with van der Waals surface area (Å²) in [6, 6.07) is 6.61. The minimum absolute atomic E-state index is 0.297. The summed E-state index contributed by atoms with van der Waals surface area (Å²) in [6.45, 7) is 6.39. The molecule has 1 aromatic heterocycles. The van der Waals surface area contributed by atoms with E-state index in [9.17, 15) is 9.59 Å². The first kappa shape index (κ1) is 18.9. The lowest BCUT2D eigenvalue weighted by molar-refractivity contribution is -0.129. The van der Waals surface area contributed by atoms with Crippen LogP contribution in [0.15, 0.2) is 29.6 Å². The molecule has 1 amide bonds. The molecule has 0 unspecified atom stereocenters. The number of amides is 1. The molecule has 0 spiro atoms. The number of thiazole rings is 1. The fourth-order valence-corrected chi connectivity index (χ4v) is 2.59. The van der Waals surface area contributed by atoms with Crippen LogP contribution in [0.5, 0.6) is 5.75 Å². The SMILES string of the molecule is CCCNC(=O)[C@H](C)OC(=O)c1ccc(OCc2csc(C)n2)cc1. The highest BCUT2D eigenvalue weighted by molar-refractivity contribution is 7.09. The van der Waals surface area contributed by atoms with Crippen molar-refractivity contribution < 1.29 is 19.1 Å². The predicted molar refractivity (Wildman–Crippen MR) is 95.8 cm³/mol. The van der Waals surface area contributed by atoms with Crippen molar-refractivity contribution in [1.29, 1.82) is 0 Å². The van der Waals surface area contributed by atoms with Crippen molar-refractivity contribution >= 4 is 23.2 Å². The van der Waals surface area contributed by atoms with Crippen LogP contribution in [-0.4, -0.2) is 29.5 Å². The van der Waals surface area contributed by atoms with Crippen LogP contribution in [0.25, 0.3) is 0 Å². The lowest BCUT2D eigenvalue weighted by Gasteiger charge is -2.13. The first-order valence-electron chi connectivity index (χ1n) is 8.12. The van der Waals surface area contributed by atoms with Crippen LogP contribution in [0.4, 0.5) is 0 Å². The van der Waals surface area contributed by atoms with E-state index in [0.717, 1.165) is 17.1 Å². The van der Waals surface area contributed by atoms with Crippen LogP contribution < -0.4 is 10.1 Å². The Hall–Kier alpha value is -2.41. The Balaban J connectivity index is 1.85. The Morgan fingerprint density at radius 2 is 2.00 bits per heavy atom. The molecule has 2 rings (SSSR count). The lowest BCUT2D eigenvalue weighted by Crippen LogP contribution is -2.36. The maximum atomic E-state index is 12.1. The molecular weight excluding hydrogens is 340 g/mol. The van der Waals surface area contributed by atoms with E-state index in [1.54, 1.807) is 42.5 Å². The van der Waals surface area contributed by atoms with Gasteiger partial charge in [0.15, 0.2) is 6.10 Å². The summed E-state index contributed by atoms with van der Waals surface area (Å²) in [5, 5.41) is 5.64. The number of nitrogens with zero attached hydrogens (tertiary/aromatic N) is 1. The van der Waals surface area contributed by atoms with Gasteiger partial charge in [0.05, 0.1) is 16.3 Å². The van der Waals surface area contributed by atoms with E-state index in [1.165, 1.54) is 0 Å². The normalized spacial score (nSPS) is 11.6. The molecule has 0 bridgehead atoms. The van der Waals surface area contributed by atoms with Crippen LogP contribution in [-0.2, 0) is 16.1 Å². The molecule has 0 radical (unpaired) electrons. The van der Waals surface area contributed by atoms with E-state index in [2.05, 4.69) is 10.3 Å². The molecule has 2 aromatic rings. The Morgan fingerprint density at radius 1 is 1.28 bits per heavy atom. The summed E-state index contributed by atoms with van der Waals surface area (Å²) in [7, 11) is 0. The van der Waals surface area contributed by atoms with Crippen LogP contribution >= 0.6 is 11.3 Å². The molecule has 0 aliphatic heterocycles. The quantitative estimate of drug-likeness (QED) is 0.730. The zero-order valence-corrected chi connectivity index (χ0v) is 15.4. The van der Waals surface area contributed by atoms with E-state index >= 15 is 0 Å². The van der Waals surface area contributed by atoms with Gasteiger partial charge in [0.2, 0.25) is 0 Å². The lowest BCUT2D eigenvalue weighted by atomic mass is 10.2. The maximum absolute atomic E-state index is 12.1. The number of aromatic nitrogens is 1. The first-order valence-corrected chi connectivity index (χ1v) is 9.00. The van der Waals surface area contributed by atoms with Gasteiger partial charge in [-0.3, -0.25) is 4.79 Å². The van der Waals surface area contributed by atoms with Gasteiger partial charge in [-0.2, -0.15) is 0 Å². The number of carbonyl (C=O) groups excluding carboxylic acids is 2. The van der Waals surface area contributed by atoms with Gasteiger partial charge in [-0.15, -0.1) is 11.3 Å². The average molecular weight is 362 g/mol. The molecule has 0 aliphatic rings. The van der Waals surface area contributed by atoms with Gasteiger partial charge in [-0.1, -0.05) is 6.92 Å². The number of hydrogen-bond donors (Lipinski definition) is 1. The van der Waals surface area contributed by atoms with Crippen LogP contribution in [0.2, 0.25) is 0 Å². The predicted octanol–water partition coefficient (Wildman–Crippen LogP) is 3.10. The van der Waals surface area contributed by atoms with Gasteiger partial charge in [0, 0.05) is 11.9 Å². The number of carbonyl (C=O) groups is 2. The molecule has 0 fully saturated rings. The fourth-order valence-electron chi connectivity index (χ4n) is 1.99. The van der Waals surface area contributed by atoms with Crippen LogP contribution in [0, 0.1) is 6.92 Å². The molecular formula is C18H22N2O4S. The zero-order valence-electron chi connectivity index (χ0n) is 14.6. The monoisotopic (exact) mass is 362 g/mol. The number of esters is 1. The van der Waals surface area contributed by atoms with Gasteiger partial charge in [0.1, 0.15) is 12.4 Å². The van der Waals surface area contributed by atoms with Crippen molar-refractivity contribution in [2.45, 2.75) is 39.9 Å². The number of rotatable bonds is 8. The number of hydrogen-bond acceptors (Lipinski definition) is 6. The summed E-state index contributed by atoms with van der Waals surface area (Å²) in [6.07, 6.45) is -0.00295. The second kappa shape index (κ2) is 9.17. The van der Waals surface area contributed by atoms with Crippen molar-refractivity contribution in [3.05, 3.63) is 45.9 Å². The average Bonchev–Trinajstić information content (AvgIpc) is 3.03. The van der Waals surface area contributed by atoms with Crippen LogP contribution in [0.1, 0.15) is 41.3 Å². The van der Waals surface area contributed by atoms with E-state index < -0.39 is 12.1 Å². The zero-order chi connectivity index (χ0) is 18.2. The third-order valence-electron chi connectivity index (χ3n) is 3.35. The minimum Gasteiger partial charge on any atom is -0.487 e. The Morgan fingerprint density at radius 3 is 2.60 bits per heavy atom. The summed E-state index contributed by atoms with van der Waals surface area (Å²) in [5.41, 5.74) is 1.24. The molecule has 1 heterocycles. The van der Waals surface area contributed by atoms with Gasteiger partial charge < -0.3 is 14.8 Å². The number of benzene rings is 1. The highest BCUT2D eigenvalue weighted by Gasteiger charge is 2.18. The second-order valence-corrected chi connectivity index (χ2v) is 6.57. The van der Waals surface area contributed by atoms with E-state index in [4.69, 9.17) is 9.47 Å². The summed E-state index contributed by atoms with van der Waals surface area (Å²) >= 11 is 1.57. The number of nitrogens with one attached hydrogen (secondary N) is 1. The van der Waals surface area contributed by atoms with Crippen molar-refractivity contribution in [2.75, 3.05) is 6.54 Å². The highest BCUT2D eigenvalue weighted by atomic mass is 32.1. The van der Waals surface area contributed by atoms with Crippen molar-refractivity contribution in [3.8, 4) is 5.75 Å². The molecule has 0 saturated carbocycles. The smallest absolute Gasteiger partial charge is 0.338 e. The maximum Gasteiger partial charge on any atom is 0.338 e. The molecule has 1 aromatic carbocycles. The fraction of sp³-hybridized carbons (Fsp3) is 0.389. The van der Waals surface area contributed by atoms with Gasteiger partial charge >= 0.3 is 5.97 Å². The van der Waals surface area contributed by atoms with Gasteiger partial charge in [-0.05, 0) is 44.5 Å². The third-order valence-corrected chi connectivity index (χ3v) is 4.17. The van der Waals surface area contributed by atoms with E-state index in [0.29, 0.717) is 24.5 Å². The van der Waals surface area contributed by atoms with Gasteiger partial charge in [-0.25, -0.2) is 9.78 Å². The van der Waals surface area contributed by atoms with Crippen LogP contribution in [0.3, 0.4) is 0 Å². The van der Waals surface area contributed by atoms with E-state index in [-0.39, 0.29) is 5.91 Å². The molecule has 134 valence electrons. The summed E-state index contributed by atoms with van der Waals surface area (Å²) in [5.74, 6) is -0.203.